The second kappa shape index (κ2) is 11.6. The van der Waals surface area contributed by atoms with Crippen molar-refractivity contribution in [2.45, 2.75) is 0 Å². The lowest BCUT2D eigenvalue weighted by Crippen LogP contribution is -1.81. The molecule has 0 nitrogen and oxygen atoms in total. The van der Waals surface area contributed by atoms with Crippen molar-refractivity contribution in [3.8, 4) is 22.3 Å². The first-order valence-electron chi connectivity index (χ1n) is 14.8. The Morgan fingerprint density at radius 3 is 1.86 bits per heavy atom. The summed E-state index contributed by atoms with van der Waals surface area (Å²) in [7, 11) is 0. The molecule has 0 unspecified atom stereocenters. The number of allylic oxidation sites excluding steroid dienone is 8. The molecule has 2 heteroatoms. The molecule has 1 aliphatic carbocycles. The van der Waals surface area contributed by atoms with Crippen LogP contribution in [0.1, 0.15) is 16.0 Å². The lowest BCUT2D eigenvalue weighted by Gasteiger charge is -2.07. The smallest absolute Gasteiger partial charge is 0.0369 e. The molecule has 0 amide bonds. The monoisotopic (exact) mass is 596 g/mol. The van der Waals surface area contributed by atoms with Crippen LogP contribution in [0.4, 0.5) is 0 Å². The predicted octanol–water partition coefficient (Wildman–Crippen LogP) is 12.8. The van der Waals surface area contributed by atoms with Crippen molar-refractivity contribution in [2.75, 3.05) is 0 Å². The van der Waals surface area contributed by atoms with Crippen LogP contribution in [0, 0.1) is 0 Å². The summed E-state index contributed by atoms with van der Waals surface area (Å²) in [5.74, 6) is 0. The van der Waals surface area contributed by atoms with Crippen molar-refractivity contribution in [2.24, 2.45) is 0 Å². The van der Waals surface area contributed by atoms with Crippen molar-refractivity contribution in [1.82, 2.24) is 0 Å². The standard InChI is InChI=1S/C42H28S2/c1-4-13-29(14-5-1)30-15-8-3-9-22-39-35(21-11-10-18-30)37-27-38-36-26-34(23-24-40(36)44-42(38)28-41(37)43-39)33-20-12-19-32(25-33)31-16-6-2-7-17-31/h1-28H/b8-3-,9-3?,11-10?,15-8?,18-10+,21-11-,22-9-,30-15+,30-18?,35-21?,39-22?. The van der Waals surface area contributed by atoms with Crippen molar-refractivity contribution in [3.05, 3.63) is 174 Å². The SMILES string of the molecule is C1=C\C=C(c2ccccc2)/C=C/C=C\c2c(sc3cc4sc5ccc(-c6cccc(-c7ccccc7)c6)cc5c4cc23)\C=C/1. The van der Waals surface area contributed by atoms with Gasteiger partial charge in [0.2, 0.25) is 0 Å². The number of hydrogen-bond donors (Lipinski definition) is 0. The molecule has 0 bridgehead atoms. The van der Waals surface area contributed by atoms with Gasteiger partial charge in [0.15, 0.2) is 0 Å². The first kappa shape index (κ1) is 26.6. The topological polar surface area (TPSA) is 0 Å². The highest BCUT2D eigenvalue weighted by atomic mass is 32.1. The highest BCUT2D eigenvalue weighted by molar-refractivity contribution is 7.26. The zero-order valence-electron chi connectivity index (χ0n) is 24.0. The lowest BCUT2D eigenvalue weighted by molar-refractivity contribution is 1.60. The van der Waals surface area contributed by atoms with E-state index >= 15 is 0 Å². The second-order valence-electron chi connectivity index (χ2n) is 10.9. The van der Waals surface area contributed by atoms with Crippen molar-refractivity contribution in [3.63, 3.8) is 0 Å². The molecule has 2 aromatic heterocycles. The molecule has 44 heavy (non-hydrogen) atoms. The summed E-state index contributed by atoms with van der Waals surface area (Å²) in [4.78, 5) is 1.28. The summed E-state index contributed by atoms with van der Waals surface area (Å²) in [6, 6.07) is 41.8. The molecule has 5 aromatic carbocycles. The summed E-state index contributed by atoms with van der Waals surface area (Å²) in [5, 5.41) is 3.96. The Labute approximate surface area is 265 Å². The number of thiophene rings is 2. The van der Waals surface area contributed by atoms with E-state index in [1.807, 2.05) is 22.7 Å². The van der Waals surface area contributed by atoms with Gasteiger partial charge in [0.25, 0.3) is 0 Å². The number of benzene rings is 5. The molecule has 0 atom stereocenters. The van der Waals surface area contributed by atoms with Gasteiger partial charge in [-0.05, 0) is 69.8 Å². The molecule has 208 valence electrons. The lowest BCUT2D eigenvalue weighted by atomic mass is 9.98. The minimum absolute atomic E-state index is 1.19. The zero-order chi connectivity index (χ0) is 29.3. The van der Waals surface area contributed by atoms with Crippen LogP contribution in [0.25, 0.3) is 70.2 Å². The van der Waals surface area contributed by atoms with E-state index in [0.717, 1.165) is 0 Å². The van der Waals surface area contributed by atoms with Gasteiger partial charge in [-0.25, -0.2) is 0 Å². The second-order valence-corrected chi connectivity index (χ2v) is 13.1. The van der Waals surface area contributed by atoms with E-state index in [0.29, 0.717) is 0 Å². The maximum atomic E-state index is 2.42. The molecule has 0 saturated heterocycles. The van der Waals surface area contributed by atoms with Gasteiger partial charge in [-0.2, -0.15) is 0 Å². The third kappa shape index (κ3) is 5.09. The van der Waals surface area contributed by atoms with Crippen LogP contribution >= 0.6 is 22.7 Å². The zero-order valence-corrected chi connectivity index (χ0v) is 25.6. The largest absolute Gasteiger partial charge is 0.135 e. The molecule has 1 aliphatic rings. The Kier molecular flexibility index (Phi) is 7.00. The van der Waals surface area contributed by atoms with E-state index in [9.17, 15) is 0 Å². The fourth-order valence-electron chi connectivity index (χ4n) is 5.95. The minimum Gasteiger partial charge on any atom is -0.135 e. The van der Waals surface area contributed by atoms with Gasteiger partial charge in [0, 0.05) is 40.7 Å². The Hall–Kier alpha value is -5.02. The molecule has 0 fully saturated rings. The summed E-state index contributed by atoms with van der Waals surface area (Å²) in [5.41, 5.74) is 8.65. The fourth-order valence-corrected chi connectivity index (χ4v) is 8.25. The highest BCUT2D eigenvalue weighted by Gasteiger charge is 2.14. The van der Waals surface area contributed by atoms with Crippen LogP contribution in [0.15, 0.2) is 158 Å². The van der Waals surface area contributed by atoms with Gasteiger partial charge in [-0.15, -0.1) is 22.7 Å². The van der Waals surface area contributed by atoms with E-state index < -0.39 is 0 Å². The van der Waals surface area contributed by atoms with E-state index in [2.05, 4.69) is 170 Å². The summed E-state index contributed by atoms with van der Waals surface area (Å²) >= 11 is 3.75. The van der Waals surface area contributed by atoms with Crippen molar-refractivity contribution in [1.29, 1.82) is 0 Å². The van der Waals surface area contributed by atoms with Crippen LogP contribution in [0.5, 0.6) is 0 Å². The normalized spacial score (nSPS) is 17.3. The average molecular weight is 597 g/mol. The number of hydrogen-bond acceptors (Lipinski definition) is 2. The van der Waals surface area contributed by atoms with E-state index in [-0.39, 0.29) is 0 Å². The first-order chi connectivity index (χ1) is 21.8. The van der Waals surface area contributed by atoms with Gasteiger partial charge in [0.1, 0.15) is 0 Å². The molecule has 0 saturated carbocycles. The van der Waals surface area contributed by atoms with Gasteiger partial charge >= 0.3 is 0 Å². The van der Waals surface area contributed by atoms with Crippen LogP contribution in [-0.4, -0.2) is 0 Å². The van der Waals surface area contributed by atoms with Crippen LogP contribution < -0.4 is 0 Å². The molecule has 0 N–H and O–H groups in total. The number of rotatable bonds is 3. The average Bonchev–Trinajstić information content (AvgIpc) is 3.60. The van der Waals surface area contributed by atoms with E-state index in [4.69, 9.17) is 0 Å². The third-order valence-corrected chi connectivity index (χ3v) is 10.4. The Morgan fingerprint density at radius 2 is 1.02 bits per heavy atom. The summed E-state index contributed by atoms with van der Waals surface area (Å²) in [6.45, 7) is 0. The Balaban J connectivity index is 1.22. The summed E-state index contributed by atoms with van der Waals surface area (Å²) in [6.07, 6.45) is 19.6. The van der Waals surface area contributed by atoms with Gasteiger partial charge in [-0.1, -0.05) is 134 Å². The Bertz CT molecular complexity index is 2300. The molecule has 0 spiro atoms. The third-order valence-electron chi connectivity index (χ3n) is 8.15. The van der Waals surface area contributed by atoms with E-state index in [1.165, 1.54) is 74.1 Å². The van der Waals surface area contributed by atoms with Crippen molar-refractivity contribution < 1.29 is 0 Å². The predicted molar refractivity (Wildman–Crippen MR) is 196 cm³/mol. The van der Waals surface area contributed by atoms with Crippen LogP contribution in [-0.2, 0) is 0 Å². The van der Waals surface area contributed by atoms with Crippen LogP contribution in [0.2, 0.25) is 0 Å². The number of fused-ring (bicyclic) bond motifs is 6. The quantitative estimate of drug-likeness (QED) is 0.190. The highest BCUT2D eigenvalue weighted by Crippen LogP contribution is 2.43. The van der Waals surface area contributed by atoms with Gasteiger partial charge < -0.3 is 0 Å². The molecular formula is C42H28S2. The van der Waals surface area contributed by atoms with E-state index in [1.54, 1.807) is 0 Å². The molecule has 2 heterocycles. The van der Waals surface area contributed by atoms with Crippen molar-refractivity contribution >= 4 is 70.7 Å². The van der Waals surface area contributed by atoms with Crippen LogP contribution in [0.3, 0.4) is 0 Å². The molecule has 7 aromatic rings. The summed E-state index contributed by atoms with van der Waals surface area (Å²) < 4.78 is 3.99. The van der Waals surface area contributed by atoms with Gasteiger partial charge in [-0.3, -0.25) is 0 Å². The molecule has 0 radical (unpaired) electrons. The molecule has 0 aliphatic heterocycles. The first-order valence-corrected chi connectivity index (χ1v) is 16.5. The Morgan fingerprint density at radius 1 is 0.364 bits per heavy atom. The minimum atomic E-state index is 1.19. The molecular weight excluding hydrogens is 569 g/mol. The van der Waals surface area contributed by atoms with Gasteiger partial charge in [0.05, 0.1) is 0 Å². The fraction of sp³-hybridized carbons (Fsp3) is 0. The molecule has 8 rings (SSSR count). The maximum absolute atomic E-state index is 2.42. The maximum Gasteiger partial charge on any atom is 0.0369 e.